The van der Waals surface area contributed by atoms with Crippen LogP contribution in [0.3, 0.4) is 0 Å². The third kappa shape index (κ3) is 3.24. The molecule has 0 bridgehead atoms. The number of likely N-dealkylation sites (N-methyl/N-ethyl adjacent to an activating group) is 1. The van der Waals surface area contributed by atoms with Gasteiger partial charge < -0.3 is 9.80 Å². The summed E-state index contributed by atoms with van der Waals surface area (Å²) in [4.78, 5) is 16.5. The monoisotopic (exact) mass is 329 g/mol. The summed E-state index contributed by atoms with van der Waals surface area (Å²) in [6.07, 6.45) is 2.79. The number of fused-ring (bicyclic) bond motifs is 1. The molecule has 0 aromatic carbocycles. The van der Waals surface area contributed by atoms with Gasteiger partial charge >= 0.3 is 0 Å². The SMILES string of the molecule is CN1CCc2ncnc(N3CCN(Cc4ccsc4)CC3)c2C1. The molecule has 2 aromatic heterocycles. The number of rotatable bonds is 3. The first-order valence-corrected chi connectivity index (χ1v) is 9.23. The number of nitrogens with zero attached hydrogens (tertiary/aromatic N) is 5. The molecular weight excluding hydrogens is 306 g/mol. The predicted molar refractivity (Wildman–Crippen MR) is 93.9 cm³/mol. The Morgan fingerprint density at radius 2 is 2.00 bits per heavy atom. The molecule has 0 unspecified atom stereocenters. The second-order valence-electron chi connectivity index (χ2n) is 6.51. The Hall–Kier alpha value is -1.50. The van der Waals surface area contributed by atoms with E-state index in [1.54, 1.807) is 17.7 Å². The molecule has 0 N–H and O–H groups in total. The van der Waals surface area contributed by atoms with E-state index < -0.39 is 0 Å². The molecule has 2 aliphatic heterocycles. The summed E-state index contributed by atoms with van der Waals surface area (Å²) in [7, 11) is 2.18. The zero-order chi connectivity index (χ0) is 15.6. The Bertz CT molecular complexity index is 649. The van der Waals surface area contributed by atoms with Crippen LogP contribution in [0, 0.1) is 0 Å². The van der Waals surface area contributed by atoms with Gasteiger partial charge in [-0.05, 0) is 29.4 Å². The summed E-state index contributed by atoms with van der Waals surface area (Å²) < 4.78 is 0. The molecule has 0 amide bonds. The molecule has 0 radical (unpaired) electrons. The molecule has 4 rings (SSSR count). The molecule has 2 aliphatic rings. The number of hydrogen-bond donors (Lipinski definition) is 0. The Labute approximate surface area is 141 Å². The summed E-state index contributed by atoms with van der Waals surface area (Å²) in [5.74, 6) is 1.16. The highest BCUT2D eigenvalue weighted by molar-refractivity contribution is 7.07. The minimum absolute atomic E-state index is 0.973. The molecule has 23 heavy (non-hydrogen) atoms. The Morgan fingerprint density at radius 3 is 2.78 bits per heavy atom. The van der Waals surface area contributed by atoms with Gasteiger partial charge in [-0.1, -0.05) is 0 Å². The van der Waals surface area contributed by atoms with Gasteiger partial charge in [-0.2, -0.15) is 11.3 Å². The van der Waals surface area contributed by atoms with Gasteiger partial charge in [0.15, 0.2) is 0 Å². The van der Waals surface area contributed by atoms with Gasteiger partial charge in [-0.15, -0.1) is 0 Å². The molecular formula is C17H23N5S. The number of aromatic nitrogens is 2. The lowest BCUT2D eigenvalue weighted by atomic mass is 10.1. The van der Waals surface area contributed by atoms with E-state index in [-0.39, 0.29) is 0 Å². The van der Waals surface area contributed by atoms with E-state index in [9.17, 15) is 0 Å². The smallest absolute Gasteiger partial charge is 0.136 e. The van der Waals surface area contributed by atoms with E-state index >= 15 is 0 Å². The van der Waals surface area contributed by atoms with Crippen LogP contribution in [0.1, 0.15) is 16.8 Å². The second kappa shape index (κ2) is 6.55. The van der Waals surface area contributed by atoms with Crippen molar-refractivity contribution in [2.75, 3.05) is 44.7 Å². The van der Waals surface area contributed by atoms with Crippen LogP contribution < -0.4 is 4.90 Å². The summed E-state index contributed by atoms with van der Waals surface area (Å²) in [5.41, 5.74) is 4.02. The fourth-order valence-corrected chi connectivity index (χ4v) is 4.15. The number of anilines is 1. The number of hydrogen-bond acceptors (Lipinski definition) is 6. The van der Waals surface area contributed by atoms with Crippen LogP contribution in [-0.4, -0.2) is 59.5 Å². The van der Waals surface area contributed by atoms with Gasteiger partial charge in [-0.3, -0.25) is 4.90 Å². The molecule has 1 saturated heterocycles. The van der Waals surface area contributed by atoms with Crippen LogP contribution in [0.4, 0.5) is 5.82 Å². The topological polar surface area (TPSA) is 35.5 Å². The van der Waals surface area contributed by atoms with Crippen LogP contribution >= 0.6 is 11.3 Å². The molecule has 6 heteroatoms. The average molecular weight is 329 g/mol. The third-order valence-electron chi connectivity index (χ3n) is 4.83. The molecule has 1 fully saturated rings. The molecule has 0 spiro atoms. The summed E-state index contributed by atoms with van der Waals surface area (Å²) >= 11 is 1.78. The quantitative estimate of drug-likeness (QED) is 0.859. The molecule has 5 nitrogen and oxygen atoms in total. The van der Waals surface area contributed by atoms with Gasteiger partial charge in [0.1, 0.15) is 12.1 Å². The largest absolute Gasteiger partial charge is 0.354 e. The third-order valence-corrected chi connectivity index (χ3v) is 5.56. The average Bonchev–Trinajstić information content (AvgIpc) is 3.08. The molecule has 2 aromatic rings. The summed E-state index contributed by atoms with van der Waals surface area (Å²) in [6.45, 7) is 7.45. The first-order valence-electron chi connectivity index (χ1n) is 8.29. The summed E-state index contributed by atoms with van der Waals surface area (Å²) in [5, 5.41) is 4.41. The maximum Gasteiger partial charge on any atom is 0.136 e. The molecule has 0 aliphatic carbocycles. The lowest BCUT2D eigenvalue weighted by Gasteiger charge is -2.37. The fourth-order valence-electron chi connectivity index (χ4n) is 3.49. The van der Waals surface area contributed by atoms with Crippen molar-refractivity contribution in [2.24, 2.45) is 0 Å². The van der Waals surface area contributed by atoms with Crippen LogP contribution in [0.2, 0.25) is 0 Å². The van der Waals surface area contributed by atoms with Crippen molar-refractivity contribution in [3.8, 4) is 0 Å². The normalized spacial score (nSPS) is 19.8. The van der Waals surface area contributed by atoms with Crippen LogP contribution in [-0.2, 0) is 19.5 Å². The summed E-state index contributed by atoms with van der Waals surface area (Å²) in [6, 6.07) is 2.23. The Morgan fingerprint density at radius 1 is 1.13 bits per heavy atom. The van der Waals surface area contributed by atoms with E-state index in [1.165, 1.54) is 16.8 Å². The van der Waals surface area contributed by atoms with Crippen LogP contribution in [0.5, 0.6) is 0 Å². The van der Waals surface area contributed by atoms with Gasteiger partial charge in [0.05, 0.1) is 5.69 Å². The predicted octanol–water partition coefficient (Wildman–Crippen LogP) is 1.85. The lowest BCUT2D eigenvalue weighted by molar-refractivity contribution is 0.248. The van der Waals surface area contributed by atoms with Gasteiger partial charge in [-0.25, -0.2) is 9.97 Å². The van der Waals surface area contributed by atoms with Gasteiger partial charge in [0.25, 0.3) is 0 Å². The van der Waals surface area contributed by atoms with Crippen LogP contribution in [0.25, 0.3) is 0 Å². The van der Waals surface area contributed by atoms with E-state index in [4.69, 9.17) is 0 Å². The zero-order valence-electron chi connectivity index (χ0n) is 13.6. The molecule has 0 atom stereocenters. The van der Waals surface area contributed by atoms with Crippen molar-refractivity contribution in [3.05, 3.63) is 40.0 Å². The second-order valence-corrected chi connectivity index (χ2v) is 7.29. The maximum atomic E-state index is 4.62. The van der Waals surface area contributed by atoms with Crippen molar-refractivity contribution in [2.45, 2.75) is 19.5 Å². The first kappa shape index (κ1) is 15.1. The number of piperazine rings is 1. The molecule has 4 heterocycles. The molecule has 122 valence electrons. The van der Waals surface area contributed by atoms with E-state index in [0.29, 0.717) is 0 Å². The lowest BCUT2D eigenvalue weighted by Crippen LogP contribution is -2.47. The zero-order valence-corrected chi connectivity index (χ0v) is 14.4. The highest BCUT2D eigenvalue weighted by Crippen LogP contribution is 2.26. The Kier molecular flexibility index (Phi) is 4.29. The van der Waals surface area contributed by atoms with Crippen molar-refractivity contribution < 1.29 is 0 Å². The van der Waals surface area contributed by atoms with Crippen molar-refractivity contribution >= 4 is 17.2 Å². The van der Waals surface area contributed by atoms with E-state index in [0.717, 1.165) is 58.1 Å². The van der Waals surface area contributed by atoms with Gasteiger partial charge in [0, 0.05) is 57.8 Å². The van der Waals surface area contributed by atoms with Crippen molar-refractivity contribution in [1.82, 2.24) is 19.8 Å². The highest BCUT2D eigenvalue weighted by atomic mass is 32.1. The minimum atomic E-state index is 0.973. The minimum Gasteiger partial charge on any atom is -0.354 e. The highest BCUT2D eigenvalue weighted by Gasteiger charge is 2.24. The Balaban J connectivity index is 1.44. The van der Waals surface area contributed by atoms with Crippen LogP contribution in [0.15, 0.2) is 23.2 Å². The van der Waals surface area contributed by atoms with E-state index in [2.05, 4.69) is 48.5 Å². The van der Waals surface area contributed by atoms with Crippen molar-refractivity contribution in [1.29, 1.82) is 0 Å². The van der Waals surface area contributed by atoms with Gasteiger partial charge in [0.2, 0.25) is 0 Å². The maximum absolute atomic E-state index is 4.62. The van der Waals surface area contributed by atoms with E-state index in [1.807, 2.05) is 0 Å². The molecule has 0 saturated carbocycles. The fraction of sp³-hybridized carbons (Fsp3) is 0.529. The standard InChI is InChI=1S/C17H23N5S/c1-20-4-2-16-15(11-20)17(19-13-18-16)22-7-5-21(6-8-22)10-14-3-9-23-12-14/h3,9,12-13H,2,4-8,10-11H2,1H3. The van der Waals surface area contributed by atoms with Crippen molar-refractivity contribution in [3.63, 3.8) is 0 Å². The first-order chi connectivity index (χ1) is 11.3. The number of thiophene rings is 1.